The predicted octanol–water partition coefficient (Wildman–Crippen LogP) is 7.41. The summed E-state index contributed by atoms with van der Waals surface area (Å²) in [6.07, 6.45) is 1.83. The van der Waals surface area contributed by atoms with E-state index in [2.05, 4.69) is 26.8 Å². The number of carbonyl (C=O) groups excluding carboxylic acids is 2. The summed E-state index contributed by atoms with van der Waals surface area (Å²) in [5, 5.41) is 22.4. The molecule has 2 heterocycles. The van der Waals surface area contributed by atoms with E-state index in [0.29, 0.717) is 39.0 Å². The zero-order chi connectivity index (χ0) is 29.2. The number of aromatic nitrogens is 3. The van der Waals surface area contributed by atoms with Crippen LogP contribution in [-0.4, -0.2) is 26.5 Å². The number of hydrogen-bond donors (Lipinski definition) is 3. The lowest BCUT2D eigenvalue weighted by molar-refractivity contribution is 0.102. The molecule has 0 unspecified atom stereocenters. The Morgan fingerprint density at radius 3 is 2.29 bits per heavy atom. The molecule has 6 aromatic rings. The van der Waals surface area contributed by atoms with Gasteiger partial charge in [-0.05, 0) is 79.0 Å². The Kier molecular flexibility index (Phi) is 7.01. The second-order valence-corrected chi connectivity index (χ2v) is 10.1. The van der Waals surface area contributed by atoms with Gasteiger partial charge >= 0.3 is 0 Å². The summed E-state index contributed by atoms with van der Waals surface area (Å²) >= 11 is 6.10. The number of nitriles is 1. The molecule has 1 amide bonds. The van der Waals surface area contributed by atoms with Gasteiger partial charge in [0.2, 0.25) is 5.78 Å². The number of H-pyrrole nitrogens is 1. The van der Waals surface area contributed by atoms with Crippen molar-refractivity contribution in [2.75, 3.05) is 10.6 Å². The molecule has 0 atom stereocenters. The summed E-state index contributed by atoms with van der Waals surface area (Å²) in [6.45, 7) is 1.94. The molecule has 0 aliphatic heterocycles. The molecule has 4 aromatic carbocycles. The number of rotatable bonds is 7. The van der Waals surface area contributed by atoms with Gasteiger partial charge in [-0.2, -0.15) is 10.4 Å². The van der Waals surface area contributed by atoms with E-state index in [4.69, 9.17) is 11.6 Å². The monoisotopic (exact) mass is 570 g/mol. The van der Waals surface area contributed by atoms with Gasteiger partial charge < -0.3 is 15.6 Å². The highest BCUT2D eigenvalue weighted by molar-refractivity contribution is 6.30. The summed E-state index contributed by atoms with van der Waals surface area (Å²) < 4.78 is 1.52. The van der Waals surface area contributed by atoms with Crippen LogP contribution in [0.15, 0.2) is 103 Å². The third kappa shape index (κ3) is 5.24. The van der Waals surface area contributed by atoms with Gasteiger partial charge in [-0.25, -0.2) is 4.68 Å². The van der Waals surface area contributed by atoms with E-state index in [1.54, 1.807) is 72.8 Å². The maximum absolute atomic E-state index is 13.4. The van der Waals surface area contributed by atoms with Gasteiger partial charge in [0.05, 0.1) is 5.69 Å². The van der Waals surface area contributed by atoms with Gasteiger partial charge in [0, 0.05) is 39.2 Å². The van der Waals surface area contributed by atoms with Crippen molar-refractivity contribution in [3.8, 4) is 11.8 Å². The van der Waals surface area contributed by atoms with Crippen LogP contribution in [0.5, 0.6) is 0 Å². The number of halogens is 1. The minimum absolute atomic E-state index is 0.0294. The van der Waals surface area contributed by atoms with Crippen LogP contribution in [0.2, 0.25) is 5.02 Å². The topological polar surface area (TPSA) is 116 Å². The predicted molar refractivity (Wildman–Crippen MR) is 164 cm³/mol. The standard InChI is InChI=1S/C33H23ClN6O2/c1-20-2-4-22(5-3-20)31(41)30-28(19-35)32(40(39-30)27-14-8-24(34)9-15-27)37-25-10-12-26(13-11-25)38-33(42)23-7-6-21-16-17-36-29(21)18-23/h2-18,36-37H,1H3,(H,38,42). The molecule has 0 aliphatic carbocycles. The largest absolute Gasteiger partial charge is 0.361 e. The Morgan fingerprint density at radius 1 is 0.881 bits per heavy atom. The first-order valence-corrected chi connectivity index (χ1v) is 13.4. The molecular weight excluding hydrogens is 548 g/mol. The maximum Gasteiger partial charge on any atom is 0.255 e. The van der Waals surface area contributed by atoms with E-state index in [1.807, 2.05) is 37.4 Å². The zero-order valence-corrected chi connectivity index (χ0v) is 23.1. The first kappa shape index (κ1) is 26.6. The molecule has 3 N–H and O–H groups in total. The summed E-state index contributed by atoms with van der Waals surface area (Å²) in [5.74, 6) is -0.275. The molecule has 8 nitrogen and oxygen atoms in total. The Labute approximate surface area is 246 Å². The van der Waals surface area contributed by atoms with Gasteiger partial charge in [-0.3, -0.25) is 9.59 Å². The van der Waals surface area contributed by atoms with E-state index in [1.165, 1.54) is 4.68 Å². The van der Waals surface area contributed by atoms with Crippen molar-refractivity contribution in [3.63, 3.8) is 0 Å². The summed E-state index contributed by atoms with van der Waals surface area (Å²) in [5.41, 5.74) is 4.83. The number of fused-ring (bicyclic) bond motifs is 1. The molecule has 0 radical (unpaired) electrons. The van der Waals surface area contributed by atoms with Gasteiger partial charge in [0.25, 0.3) is 5.91 Å². The Morgan fingerprint density at radius 2 is 1.57 bits per heavy atom. The molecule has 0 saturated carbocycles. The minimum atomic E-state index is -0.363. The van der Waals surface area contributed by atoms with Gasteiger partial charge in [0.1, 0.15) is 11.6 Å². The molecule has 0 bridgehead atoms. The number of amides is 1. The third-order valence-corrected chi connectivity index (χ3v) is 7.07. The summed E-state index contributed by atoms with van der Waals surface area (Å²) in [7, 11) is 0. The number of nitrogens with one attached hydrogen (secondary N) is 3. The Balaban J connectivity index is 1.30. The fourth-order valence-corrected chi connectivity index (χ4v) is 4.70. The normalized spacial score (nSPS) is 10.8. The second kappa shape index (κ2) is 11.1. The molecular formula is C33H23ClN6O2. The quantitative estimate of drug-likeness (QED) is 0.173. The molecule has 0 fully saturated rings. The fourth-order valence-electron chi connectivity index (χ4n) is 4.58. The van der Waals surface area contributed by atoms with Crippen molar-refractivity contribution in [3.05, 3.63) is 136 Å². The first-order chi connectivity index (χ1) is 20.4. The van der Waals surface area contributed by atoms with Crippen molar-refractivity contribution in [2.45, 2.75) is 6.92 Å². The van der Waals surface area contributed by atoms with Crippen LogP contribution >= 0.6 is 11.6 Å². The van der Waals surface area contributed by atoms with Crippen molar-refractivity contribution < 1.29 is 9.59 Å². The van der Waals surface area contributed by atoms with E-state index in [0.717, 1.165) is 16.5 Å². The lowest BCUT2D eigenvalue weighted by Crippen LogP contribution is -2.11. The average molecular weight is 571 g/mol. The Bertz CT molecular complexity index is 1980. The zero-order valence-electron chi connectivity index (χ0n) is 22.4. The first-order valence-electron chi connectivity index (χ1n) is 13.1. The molecule has 204 valence electrons. The van der Waals surface area contributed by atoms with Crippen molar-refractivity contribution in [1.82, 2.24) is 14.8 Å². The number of hydrogen-bond acceptors (Lipinski definition) is 5. The number of benzene rings is 4. The molecule has 42 heavy (non-hydrogen) atoms. The minimum Gasteiger partial charge on any atom is -0.361 e. The van der Waals surface area contributed by atoms with Gasteiger partial charge in [0.15, 0.2) is 11.5 Å². The van der Waals surface area contributed by atoms with Crippen LogP contribution in [0.25, 0.3) is 16.6 Å². The average Bonchev–Trinajstić information content (AvgIpc) is 3.63. The van der Waals surface area contributed by atoms with E-state index in [9.17, 15) is 14.9 Å². The number of ketones is 1. The highest BCUT2D eigenvalue weighted by Crippen LogP contribution is 2.29. The fraction of sp³-hybridized carbons (Fsp3) is 0.0303. The molecule has 9 heteroatoms. The van der Waals surface area contributed by atoms with Crippen LogP contribution in [-0.2, 0) is 0 Å². The molecule has 6 rings (SSSR count). The van der Waals surface area contributed by atoms with Crippen molar-refractivity contribution >= 4 is 51.4 Å². The van der Waals surface area contributed by atoms with Crippen LogP contribution in [0.4, 0.5) is 17.2 Å². The van der Waals surface area contributed by atoms with Gasteiger partial charge in [-0.1, -0.05) is 47.5 Å². The summed E-state index contributed by atoms with van der Waals surface area (Å²) in [4.78, 5) is 29.4. The van der Waals surface area contributed by atoms with Crippen molar-refractivity contribution in [1.29, 1.82) is 5.26 Å². The SMILES string of the molecule is Cc1ccc(C(=O)c2nn(-c3ccc(Cl)cc3)c(Nc3ccc(NC(=O)c4ccc5cc[nH]c5c4)cc3)c2C#N)cc1. The molecule has 2 aromatic heterocycles. The van der Waals surface area contributed by atoms with E-state index in [-0.39, 0.29) is 22.9 Å². The van der Waals surface area contributed by atoms with Gasteiger partial charge in [-0.15, -0.1) is 0 Å². The van der Waals surface area contributed by atoms with Crippen LogP contribution in [0.1, 0.15) is 37.5 Å². The molecule has 0 spiro atoms. The number of aryl methyl sites for hydroxylation is 1. The number of carbonyl (C=O) groups is 2. The maximum atomic E-state index is 13.4. The van der Waals surface area contributed by atoms with Crippen LogP contribution in [0, 0.1) is 18.3 Å². The smallest absolute Gasteiger partial charge is 0.255 e. The van der Waals surface area contributed by atoms with E-state index >= 15 is 0 Å². The third-order valence-electron chi connectivity index (χ3n) is 6.82. The highest BCUT2D eigenvalue weighted by Gasteiger charge is 2.25. The van der Waals surface area contributed by atoms with Crippen LogP contribution < -0.4 is 10.6 Å². The summed E-state index contributed by atoms with van der Waals surface area (Å²) in [6, 6.07) is 30.7. The Hall–Kier alpha value is -5.65. The van der Waals surface area contributed by atoms with Crippen molar-refractivity contribution in [2.24, 2.45) is 0 Å². The molecule has 0 aliphatic rings. The van der Waals surface area contributed by atoms with Crippen LogP contribution in [0.3, 0.4) is 0 Å². The second-order valence-electron chi connectivity index (χ2n) is 9.70. The number of anilines is 3. The lowest BCUT2D eigenvalue weighted by atomic mass is 10.0. The highest BCUT2D eigenvalue weighted by atomic mass is 35.5. The lowest BCUT2D eigenvalue weighted by Gasteiger charge is -2.12. The molecule has 0 saturated heterocycles. The van der Waals surface area contributed by atoms with E-state index < -0.39 is 0 Å². The number of nitrogens with zero attached hydrogens (tertiary/aromatic N) is 3. The number of aromatic amines is 1.